The van der Waals surface area contributed by atoms with Crippen LogP contribution >= 0.6 is 23.5 Å². The second-order valence-corrected chi connectivity index (χ2v) is 7.37. The smallest absolute Gasteiger partial charge is 0.251 e. The van der Waals surface area contributed by atoms with Gasteiger partial charge in [0.1, 0.15) is 0 Å². The lowest BCUT2D eigenvalue weighted by molar-refractivity contribution is 0.899. The molecule has 3 nitrogen and oxygen atoms in total. The van der Waals surface area contributed by atoms with E-state index in [-0.39, 0.29) is 5.56 Å². The van der Waals surface area contributed by atoms with Crippen LogP contribution < -0.4 is 5.56 Å². The van der Waals surface area contributed by atoms with Crippen LogP contribution in [0.4, 0.5) is 0 Å². The molecule has 0 saturated carbocycles. The highest BCUT2D eigenvalue weighted by Gasteiger charge is 2.05. The van der Waals surface area contributed by atoms with Gasteiger partial charge in [-0.25, -0.2) is 4.98 Å². The molecular weight excluding hydrogens is 336 g/mol. The third-order valence-electron chi connectivity index (χ3n) is 3.53. The number of aromatic amines is 1. The first-order valence-electron chi connectivity index (χ1n) is 7.66. The standard InChI is InChI=1S/C19H18N2OS2/c1-14-7-5-6-8-15(14)12-24-19-20-16(11-18(22)21-19)13-23-17-9-3-2-4-10-17/h2-11H,12-13H2,1H3,(H,20,21,22). The van der Waals surface area contributed by atoms with Gasteiger partial charge < -0.3 is 4.98 Å². The summed E-state index contributed by atoms with van der Waals surface area (Å²) in [7, 11) is 0. The van der Waals surface area contributed by atoms with Gasteiger partial charge in [0, 0.05) is 22.5 Å². The van der Waals surface area contributed by atoms with Gasteiger partial charge in [0.25, 0.3) is 5.56 Å². The van der Waals surface area contributed by atoms with Crippen molar-refractivity contribution in [3.8, 4) is 0 Å². The number of nitrogens with zero attached hydrogens (tertiary/aromatic N) is 1. The molecule has 3 rings (SSSR count). The zero-order chi connectivity index (χ0) is 16.8. The molecule has 0 aliphatic heterocycles. The second-order valence-electron chi connectivity index (χ2n) is 5.36. The third kappa shape index (κ3) is 4.76. The van der Waals surface area contributed by atoms with Crippen LogP contribution in [0.5, 0.6) is 0 Å². The zero-order valence-electron chi connectivity index (χ0n) is 13.4. The molecule has 0 radical (unpaired) electrons. The van der Waals surface area contributed by atoms with E-state index in [0.29, 0.717) is 10.9 Å². The van der Waals surface area contributed by atoms with Gasteiger partial charge in [-0.2, -0.15) is 0 Å². The third-order valence-corrected chi connectivity index (χ3v) is 5.50. The van der Waals surface area contributed by atoms with Crippen molar-refractivity contribution in [2.75, 3.05) is 0 Å². The summed E-state index contributed by atoms with van der Waals surface area (Å²) in [5.74, 6) is 1.48. The minimum atomic E-state index is -0.0963. The molecule has 0 atom stereocenters. The van der Waals surface area contributed by atoms with Crippen LogP contribution in [-0.4, -0.2) is 9.97 Å². The molecule has 122 valence electrons. The largest absolute Gasteiger partial charge is 0.301 e. The molecule has 0 amide bonds. The molecule has 2 aromatic carbocycles. The van der Waals surface area contributed by atoms with Crippen LogP contribution in [0, 0.1) is 6.92 Å². The predicted octanol–water partition coefficient (Wildman–Crippen LogP) is 4.66. The second kappa shape index (κ2) is 8.22. The van der Waals surface area contributed by atoms with Crippen LogP contribution in [0.15, 0.2) is 75.5 Å². The van der Waals surface area contributed by atoms with Crippen molar-refractivity contribution in [3.63, 3.8) is 0 Å². The van der Waals surface area contributed by atoms with Gasteiger partial charge in [-0.3, -0.25) is 4.79 Å². The lowest BCUT2D eigenvalue weighted by atomic mass is 10.1. The first-order valence-corrected chi connectivity index (χ1v) is 9.63. The zero-order valence-corrected chi connectivity index (χ0v) is 15.0. The molecule has 0 aliphatic carbocycles. The number of H-pyrrole nitrogens is 1. The van der Waals surface area contributed by atoms with E-state index in [1.807, 2.05) is 30.3 Å². The Hall–Kier alpha value is -1.98. The van der Waals surface area contributed by atoms with E-state index in [1.54, 1.807) is 29.6 Å². The summed E-state index contributed by atoms with van der Waals surface area (Å²) in [5.41, 5.74) is 3.22. The maximum Gasteiger partial charge on any atom is 0.251 e. The summed E-state index contributed by atoms with van der Waals surface area (Å²) in [5, 5.41) is 0.675. The van der Waals surface area contributed by atoms with Crippen molar-refractivity contribution >= 4 is 23.5 Å². The van der Waals surface area contributed by atoms with E-state index in [2.05, 4.69) is 41.2 Å². The van der Waals surface area contributed by atoms with Gasteiger partial charge in [-0.15, -0.1) is 11.8 Å². The summed E-state index contributed by atoms with van der Waals surface area (Å²) >= 11 is 3.25. The Balaban J connectivity index is 1.67. The summed E-state index contributed by atoms with van der Waals surface area (Å²) in [6.07, 6.45) is 0. The molecule has 0 unspecified atom stereocenters. The topological polar surface area (TPSA) is 45.8 Å². The number of aromatic nitrogens is 2. The van der Waals surface area contributed by atoms with E-state index in [4.69, 9.17) is 0 Å². The number of hydrogen-bond donors (Lipinski definition) is 1. The van der Waals surface area contributed by atoms with E-state index in [0.717, 1.165) is 11.4 Å². The lowest BCUT2D eigenvalue weighted by Crippen LogP contribution is -2.09. The molecular formula is C19H18N2OS2. The molecule has 24 heavy (non-hydrogen) atoms. The van der Waals surface area contributed by atoms with Crippen molar-refractivity contribution in [2.24, 2.45) is 0 Å². The van der Waals surface area contributed by atoms with E-state index in [1.165, 1.54) is 16.0 Å². The number of benzene rings is 2. The molecule has 3 aromatic rings. The SMILES string of the molecule is Cc1ccccc1CSc1nc(CSc2ccccc2)cc(=O)[nH]1. The monoisotopic (exact) mass is 354 g/mol. The van der Waals surface area contributed by atoms with Gasteiger partial charge >= 0.3 is 0 Å². The number of rotatable bonds is 6. The summed E-state index contributed by atoms with van der Waals surface area (Å²) in [6, 6.07) is 20.0. The van der Waals surface area contributed by atoms with Crippen LogP contribution in [0.1, 0.15) is 16.8 Å². The molecule has 0 fully saturated rings. The first kappa shape index (κ1) is 16.9. The number of nitrogens with one attached hydrogen (secondary N) is 1. The fourth-order valence-electron chi connectivity index (χ4n) is 2.22. The molecule has 0 saturated heterocycles. The van der Waals surface area contributed by atoms with Crippen LogP contribution in [0.2, 0.25) is 0 Å². The molecule has 1 heterocycles. The Morgan fingerprint density at radius 1 is 0.958 bits per heavy atom. The average Bonchev–Trinajstić information content (AvgIpc) is 2.60. The quantitative estimate of drug-likeness (QED) is 0.516. The molecule has 1 aromatic heterocycles. The van der Waals surface area contributed by atoms with Crippen molar-refractivity contribution < 1.29 is 0 Å². The van der Waals surface area contributed by atoms with Gasteiger partial charge in [0.2, 0.25) is 0 Å². The van der Waals surface area contributed by atoms with E-state index >= 15 is 0 Å². The van der Waals surface area contributed by atoms with Crippen molar-refractivity contribution in [2.45, 2.75) is 28.5 Å². The Labute approximate surface area is 149 Å². The predicted molar refractivity (Wildman–Crippen MR) is 102 cm³/mol. The summed E-state index contributed by atoms with van der Waals surface area (Å²) in [4.78, 5) is 20.5. The Kier molecular flexibility index (Phi) is 5.77. The van der Waals surface area contributed by atoms with Crippen LogP contribution in [0.25, 0.3) is 0 Å². The number of thioether (sulfide) groups is 2. The summed E-state index contributed by atoms with van der Waals surface area (Å²) < 4.78 is 0. The Bertz CT molecular complexity index is 862. The highest BCUT2D eigenvalue weighted by Crippen LogP contribution is 2.23. The summed E-state index contributed by atoms with van der Waals surface area (Å²) in [6.45, 7) is 2.10. The minimum Gasteiger partial charge on any atom is -0.301 e. The van der Waals surface area contributed by atoms with Gasteiger partial charge in [-0.1, -0.05) is 54.2 Å². The lowest BCUT2D eigenvalue weighted by Gasteiger charge is -2.06. The normalized spacial score (nSPS) is 10.7. The fraction of sp³-hybridized carbons (Fsp3) is 0.158. The van der Waals surface area contributed by atoms with E-state index in [9.17, 15) is 4.79 Å². The van der Waals surface area contributed by atoms with Gasteiger partial charge in [0.05, 0.1) is 5.69 Å². The fourth-order valence-corrected chi connectivity index (χ4v) is 4.00. The molecule has 0 spiro atoms. The Morgan fingerprint density at radius 3 is 2.50 bits per heavy atom. The number of aryl methyl sites for hydroxylation is 1. The molecule has 5 heteroatoms. The van der Waals surface area contributed by atoms with Gasteiger partial charge in [0.15, 0.2) is 5.16 Å². The maximum atomic E-state index is 11.9. The van der Waals surface area contributed by atoms with Crippen molar-refractivity contribution in [1.29, 1.82) is 0 Å². The van der Waals surface area contributed by atoms with Crippen LogP contribution in [0.3, 0.4) is 0 Å². The maximum absolute atomic E-state index is 11.9. The van der Waals surface area contributed by atoms with Gasteiger partial charge in [-0.05, 0) is 30.2 Å². The molecule has 0 bridgehead atoms. The van der Waals surface area contributed by atoms with E-state index < -0.39 is 0 Å². The van der Waals surface area contributed by atoms with Crippen LogP contribution in [-0.2, 0) is 11.5 Å². The Morgan fingerprint density at radius 2 is 1.71 bits per heavy atom. The highest BCUT2D eigenvalue weighted by molar-refractivity contribution is 7.98. The average molecular weight is 355 g/mol. The first-order chi connectivity index (χ1) is 11.7. The molecule has 0 aliphatic rings. The van der Waals surface area contributed by atoms with Crippen molar-refractivity contribution in [1.82, 2.24) is 9.97 Å². The number of hydrogen-bond acceptors (Lipinski definition) is 4. The minimum absolute atomic E-state index is 0.0963. The van der Waals surface area contributed by atoms with Crippen molar-refractivity contribution in [3.05, 3.63) is 87.8 Å². The molecule has 1 N–H and O–H groups in total. The highest BCUT2D eigenvalue weighted by atomic mass is 32.2.